The third-order valence-electron chi connectivity index (χ3n) is 3.20. The summed E-state index contributed by atoms with van der Waals surface area (Å²) in [5, 5.41) is 11.0. The van der Waals surface area contributed by atoms with E-state index in [1.54, 1.807) is 11.9 Å². The number of hydrogen-bond acceptors (Lipinski definition) is 7. The van der Waals surface area contributed by atoms with Gasteiger partial charge in [0, 0.05) is 26.8 Å². The van der Waals surface area contributed by atoms with Crippen molar-refractivity contribution in [1.82, 2.24) is 9.97 Å². The number of hydrogen-bond donors (Lipinski definition) is 1. The molecule has 1 aromatic rings. The van der Waals surface area contributed by atoms with E-state index in [4.69, 9.17) is 10.5 Å². The molecule has 2 rings (SSSR count). The Labute approximate surface area is 110 Å². The molecule has 104 valence electrons. The van der Waals surface area contributed by atoms with Crippen LogP contribution in [0.4, 0.5) is 17.5 Å². The highest BCUT2D eigenvalue weighted by molar-refractivity contribution is 5.57. The van der Waals surface area contributed by atoms with Crippen LogP contribution in [0.25, 0.3) is 0 Å². The molecule has 1 aliphatic heterocycles. The zero-order valence-corrected chi connectivity index (χ0v) is 10.8. The molecule has 1 fully saturated rings. The average molecular weight is 267 g/mol. The van der Waals surface area contributed by atoms with Crippen LogP contribution in [0.3, 0.4) is 0 Å². The van der Waals surface area contributed by atoms with Gasteiger partial charge in [-0.1, -0.05) is 0 Å². The Bertz CT molecular complexity index is 462. The van der Waals surface area contributed by atoms with Gasteiger partial charge in [0.15, 0.2) is 0 Å². The average Bonchev–Trinajstić information content (AvgIpc) is 2.39. The van der Waals surface area contributed by atoms with Crippen molar-refractivity contribution in [3.05, 3.63) is 16.3 Å². The molecule has 0 spiro atoms. The molecule has 19 heavy (non-hydrogen) atoms. The number of nitrogens with two attached hydrogens (primary N) is 1. The molecule has 1 aliphatic rings. The Kier molecular flexibility index (Phi) is 4.10. The molecule has 0 atom stereocenters. The molecule has 2 N–H and O–H groups in total. The summed E-state index contributed by atoms with van der Waals surface area (Å²) >= 11 is 0. The number of nitrogens with zero attached hydrogens (tertiary/aromatic N) is 4. The SMILES string of the molecule is CN(CC1CCOCC1)c1nc(N)ncc1[N+](=O)[O-]. The fourth-order valence-corrected chi connectivity index (χ4v) is 2.19. The first kappa shape index (κ1) is 13.5. The topological polar surface area (TPSA) is 107 Å². The number of nitro groups is 1. The van der Waals surface area contributed by atoms with E-state index in [0.29, 0.717) is 12.5 Å². The number of rotatable bonds is 4. The van der Waals surface area contributed by atoms with Gasteiger partial charge < -0.3 is 15.4 Å². The zero-order valence-electron chi connectivity index (χ0n) is 10.8. The quantitative estimate of drug-likeness (QED) is 0.635. The second kappa shape index (κ2) is 5.79. The molecule has 8 heteroatoms. The van der Waals surface area contributed by atoms with Crippen molar-refractivity contribution < 1.29 is 9.66 Å². The van der Waals surface area contributed by atoms with Crippen LogP contribution in [0, 0.1) is 16.0 Å². The van der Waals surface area contributed by atoms with E-state index in [-0.39, 0.29) is 17.5 Å². The predicted octanol–water partition coefficient (Wildman–Crippen LogP) is 0.830. The minimum Gasteiger partial charge on any atom is -0.381 e. The first-order chi connectivity index (χ1) is 9.08. The first-order valence-corrected chi connectivity index (χ1v) is 6.13. The maximum absolute atomic E-state index is 11.0. The molecule has 0 unspecified atom stereocenters. The van der Waals surface area contributed by atoms with Crippen LogP contribution in [0.5, 0.6) is 0 Å². The van der Waals surface area contributed by atoms with Crippen LogP contribution in [0.15, 0.2) is 6.20 Å². The standard InChI is InChI=1S/C11H17N5O3/c1-15(7-8-2-4-19-5-3-8)10-9(16(17)18)6-13-11(12)14-10/h6,8H,2-5,7H2,1H3,(H2,12,13,14). The number of aromatic nitrogens is 2. The maximum atomic E-state index is 11.0. The van der Waals surface area contributed by atoms with Crippen LogP contribution in [0.2, 0.25) is 0 Å². The maximum Gasteiger partial charge on any atom is 0.329 e. The van der Waals surface area contributed by atoms with E-state index in [2.05, 4.69) is 9.97 Å². The summed E-state index contributed by atoms with van der Waals surface area (Å²) in [5.74, 6) is 0.762. The highest BCUT2D eigenvalue weighted by Gasteiger charge is 2.23. The van der Waals surface area contributed by atoms with Crippen LogP contribution in [-0.4, -0.2) is 41.7 Å². The summed E-state index contributed by atoms with van der Waals surface area (Å²) in [6.07, 6.45) is 3.07. The predicted molar refractivity (Wildman–Crippen MR) is 69.9 cm³/mol. The Morgan fingerprint density at radius 3 is 2.89 bits per heavy atom. The molecule has 1 aromatic heterocycles. The van der Waals surface area contributed by atoms with Crippen molar-refractivity contribution in [3.63, 3.8) is 0 Å². The molecule has 0 bridgehead atoms. The van der Waals surface area contributed by atoms with E-state index in [1.807, 2.05) is 0 Å². The van der Waals surface area contributed by atoms with Crippen molar-refractivity contribution in [1.29, 1.82) is 0 Å². The van der Waals surface area contributed by atoms with Crippen molar-refractivity contribution in [2.45, 2.75) is 12.8 Å². The summed E-state index contributed by atoms with van der Waals surface area (Å²) in [7, 11) is 1.78. The van der Waals surface area contributed by atoms with Crippen LogP contribution in [0.1, 0.15) is 12.8 Å². The van der Waals surface area contributed by atoms with E-state index < -0.39 is 4.92 Å². The van der Waals surface area contributed by atoms with Gasteiger partial charge in [0.05, 0.1) is 4.92 Å². The van der Waals surface area contributed by atoms with Crippen LogP contribution < -0.4 is 10.6 Å². The Morgan fingerprint density at radius 1 is 1.58 bits per heavy atom. The fraction of sp³-hybridized carbons (Fsp3) is 0.636. The fourth-order valence-electron chi connectivity index (χ4n) is 2.19. The third kappa shape index (κ3) is 3.28. The Morgan fingerprint density at radius 2 is 2.26 bits per heavy atom. The summed E-state index contributed by atoms with van der Waals surface area (Å²) in [6.45, 7) is 2.18. The lowest BCUT2D eigenvalue weighted by Crippen LogP contribution is -2.30. The number of ether oxygens (including phenoxy) is 1. The monoisotopic (exact) mass is 267 g/mol. The van der Waals surface area contributed by atoms with Gasteiger partial charge >= 0.3 is 5.69 Å². The van der Waals surface area contributed by atoms with Gasteiger partial charge in [-0.15, -0.1) is 0 Å². The van der Waals surface area contributed by atoms with Crippen molar-refractivity contribution in [2.24, 2.45) is 5.92 Å². The minimum atomic E-state index is -0.491. The minimum absolute atomic E-state index is 0.0411. The van der Waals surface area contributed by atoms with Gasteiger partial charge in [-0.2, -0.15) is 4.98 Å². The van der Waals surface area contributed by atoms with Gasteiger partial charge in [-0.3, -0.25) is 10.1 Å². The number of anilines is 2. The smallest absolute Gasteiger partial charge is 0.329 e. The van der Waals surface area contributed by atoms with Gasteiger partial charge in [-0.25, -0.2) is 4.98 Å². The normalized spacial score (nSPS) is 16.3. The molecule has 8 nitrogen and oxygen atoms in total. The molecule has 0 amide bonds. The molecule has 0 saturated carbocycles. The van der Waals surface area contributed by atoms with E-state index in [9.17, 15) is 10.1 Å². The van der Waals surface area contributed by atoms with Gasteiger partial charge in [-0.05, 0) is 18.8 Å². The lowest BCUT2D eigenvalue weighted by molar-refractivity contribution is -0.384. The van der Waals surface area contributed by atoms with E-state index in [0.717, 1.165) is 32.3 Å². The summed E-state index contributed by atoms with van der Waals surface area (Å²) < 4.78 is 5.30. The highest BCUT2D eigenvalue weighted by Crippen LogP contribution is 2.26. The number of nitrogen functional groups attached to an aromatic ring is 1. The van der Waals surface area contributed by atoms with Gasteiger partial charge in [0.2, 0.25) is 11.8 Å². The van der Waals surface area contributed by atoms with E-state index in [1.165, 1.54) is 0 Å². The van der Waals surface area contributed by atoms with Gasteiger partial charge in [0.1, 0.15) is 6.20 Å². The molecule has 1 saturated heterocycles. The van der Waals surface area contributed by atoms with Crippen molar-refractivity contribution in [2.75, 3.05) is 37.4 Å². The molecule has 2 heterocycles. The lowest BCUT2D eigenvalue weighted by Gasteiger charge is -2.27. The van der Waals surface area contributed by atoms with Crippen molar-refractivity contribution in [3.8, 4) is 0 Å². The van der Waals surface area contributed by atoms with Crippen LogP contribution >= 0.6 is 0 Å². The Balaban J connectivity index is 2.14. The molecule has 0 aromatic carbocycles. The largest absolute Gasteiger partial charge is 0.381 e. The summed E-state index contributed by atoms with van der Waals surface area (Å²) in [5.41, 5.74) is 5.39. The second-order valence-electron chi connectivity index (χ2n) is 4.63. The summed E-state index contributed by atoms with van der Waals surface area (Å²) in [6, 6.07) is 0. The third-order valence-corrected chi connectivity index (χ3v) is 3.20. The van der Waals surface area contributed by atoms with Gasteiger partial charge in [0.25, 0.3) is 0 Å². The zero-order chi connectivity index (χ0) is 13.8. The van der Waals surface area contributed by atoms with Crippen molar-refractivity contribution >= 4 is 17.5 Å². The first-order valence-electron chi connectivity index (χ1n) is 6.13. The van der Waals surface area contributed by atoms with E-state index >= 15 is 0 Å². The second-order valence-corrected chi connectivity index (χ2v) is 4.63. The Hall–Kier alpha value is -1.96. The molecule has 0 aliphatic carbocycles. The molecular weight excluding hydrogens is 250 g/mol. The lowest BCUT2D eigenvalue weighted by atomic mass is 10.00. The molecule has 0 radical (unpaired) electrons. The molecular formula is C11H17N5O3. The highest BCUT2D eigenvalue weighted by atomic mass is 16.6. The van der Waals surface area contributed by atoms with Crippen LogP contribution in [-0.2, 0) is 4.74 Å². The summed E-state index contributed by atoms with van der Waals surface area (Å²) in [4.78, 5) is 19.9.